The van der Waals surface area contributed by atoms with E-state index in [1.807, 2.05) is 12.1 Å². The lowest BCUT2D eigenvalue weighted by atomic mass is 9.94. The Morgan fingerprint density at radius 2 is 1.20 bits per heavy atom. The molecule has 0 bridgehead atoms. The van der Waals surface area contributed by atoms with Crippen LogP contribution in [0.5, 0.6) is 0 Å². The Bertz CT molecular complexity index is 2840. The first kappa shape index (κ1) is 29.3. The van der Waals surface area contributed by atoms with Gasteiger partial charge in [-0.2, -0.15) is 0 Å². The van der Waals surface area contributed by atoms with Gasteiger partial charge in [0.15, 0.2) is 11.6 Å². The van der Waals surface area contributed by atoms with E-state index in [9.17, 15) is 0 Å². The zero-order chi connectivity index (χ0) is 33.7. The molecule has 51 heavy (non-hydrogen) atoms. The van der Waals surface area contributed by atoms with Gasteiger partial charge in [0.1, 0.15) is 17.0 Å². The lowest BCUT2D eigenvalue weighted by molar-refractivity contribution is 0.669. The number of nitrogens with zero attached hydrogens (tertiary/aromatic N) is 3. The van der Waals surface area contributed by atoms with E-state index in [1.54, 1.807) is 0 Å². The number of benzene rings is 7. The molecule has 0 aliphatic heterocycles. The summed E-state index contributed by atoms with van der Waals surface area (Å²) < 4.78 is 6.54. The van der Waals surface area contributed by atoms with Crippen molar-refractivity contribution in [1.29, 1.82) is 0 Å². The van der Waals surface area contributed by atoms with Gasteiger partial charge in [0.2, 0.25) is 0 Å². The molecular formula is C47H31N3O. The molecule has 7 aromatic carbocycles. The second-order valence-electron chi connectivity index (χ2n) is 13.2. The Balaban J connectivity index is 1.17. The van der Waals surface area contributed by atoms with Crippen LogP contribution in [-0.4, -0.2) is 15.0 Å². The number of rotatable bonds is 5. The normalized spacial score (nSPS) is 14.2. The van der Waals surface area contributed by atoms with Gasteiger partial charge in [0.25, 0.3) is 0 Å². The third kappa shape index (κ3) is 5.20. The van der Waals surface area contributed by atoms with Gasteiger partial charge in [-0.15, -0.1) is 0 Å². The minimum atomic E-state index is 0.0465. The summed E-state index contributed by atoms with van der Waals surface area (Å²) in [6.45, 7) is 0. The van der Waals surface area contributed by atoms with Crippen LogP contribution >= 0.6 is 0 Å². The van der Waals surface area contributed by atoms with Crippen LogP contribution in [0.25, 0.3) is 88.5 Å². The summed E-state index contributed by atoms with van der Waals surface area (Å²) >= 11 is 0. The zero-order valence-electron chi connectivity index (χ0n) is 27.7. The summed E-state index contributed by atoms with van der Waals surface area (Å²) in [7, 11) is 0. The number of fused-ring (bicyclic) bond motifs is 5. The number of para-hydroxylation sites is 1. The van der Waals surface area contributed by atoms with Crippen molar-refractivity contribution < 1.29 is 4.42 Å². The fourth-order valence-electron chi connectivity index (χ4n) is 7.42. The van der Waals surface area contributed by atoms with Gasteiger partial charge >= 0.3 is 0 Å². The van der Waals surface area contributed by atoms with Crippen molar-refractivity contribution in [2.24, 2.45) is 0 Å². The molecular weight excluding hydrogens is 623 g/mol. The smallest absolute Gasteiger partial charge is 0.164 e. The minimum Gasteiger partial charge on any atom is -0.456 e. The first-order chi connectivity index (χ1) is 25.2. The van der Waals surface area contributed by atoms with E-state index in [1.165, 1.54) is 27.1 Å². The van der Waals surface area contributed by atoms with Crippen molar-refractivity contribution >= 4 is 43.5 Å². The molecule has 0 N–H and O–H groups in total. The number of allylic oxidation sites excluding steroid dienone is 4. The Hall–Kier alpha value is -6.65. The van der Waals surface area contributed by atoms with Gasteiger partial charge in [0, 0.05) is 27.8 Å². The predicted octanol–water partition coefficient (Wildman–Crippen LogP) is 12.3. The molecule has 4 heteroatoms. The maximum Gasteiger partial charge on any atom is 0.164 e. The average molecular weight is 654 g/mol. The molecule has 2 aromatic heterocycles. The maximum absolute atomic E-state index is 6.54. The molecule has 1 unspecified atom stereocenters. The van der Waals surface area contributed by atoms with Gasteiger partial charge in [-0.05, 0) is 74.5 Å². The van der Waals surface area contributed by atoms with Crippen LogP contribution in [0.4, 0.5) is 0 Å². The van der Waals surface area contributed by atoms with Crippen molar-refractivity contribution in [1.82, 2.24) is 15.0 Å². The fraction of sp³-hybridized carbons (Fsp3) is 0.0426. The monoisotopic (exact) mass is 653 g/mol. The third-order valence-corrected chi connectivity index (χ3v) is 10.0. The summed E-state index contributed by atoms with van der Waals surface area (Å²) in [5.41, 5.74) is 8.02. The topological polar surface area (TPSA) is 51.8 Å². The first-order valence-corrected chi connectivity index (χ1v) is 17.4. The summed E-state index contributed by atoms with van der Waals surface area (Å²) in [5.74, 6) is 2.09. The third-order valence-electron chi connectivity index (χ3n) is 10.0. The van der Waals surface area contributed by atoms with Crippen LogP contribution in [-0.2, 0) is 0 Å². The van der Waals surface area contributed by atoms with Crippen molar-refractivity contribution in [3.05, 3.63) is 176 Å². The molecule has 0 amide bonds. The number of furan rings is 1. The van der Waals surface area contributed by atoms with Crippen LogP contribution in [0.3, 0.4) is 0 Å². The standard InChI is InChI=1S/C47H31N3O/c1-2-13-33(14-3-1)45-48-46(34-24-21-31(22-25-34)36-26-23-30-11-4-5-15-35(30)27-36)50-47(49-45)41-28-37(39-19-10-16-32-12-6-7-17-38(32)39)29-43-44(41)40-18-8-9-20-42(40)51-43/h1-13,15-29,33H,14H2. The maximum atomic E-state index is 6.54. The quantitative estimate of drug-likeness (QED) is 0.185. The fourth-order valence-corrected chi connectivity index (χ4v) is 7.42. The SMILES string of the molecule is C1=CCC(c2nc(-c3ccc(-c4ccc5ccccc5c4)cc3)nc(-c3cc(-c4cccc5ccccc45)cc4oc5ccccc5c34)n2)C=C1. The summed E-state index contributed by atoms with van der Waals surface area (Å²) in [5, 5.41) is 6.88. The second kappa shape index (κ2) is 12.0. The Kier molecular flexibility index (Phi) is 6.91. The molecule has 2 heterocycles. The van der Waals surface area contributed by atoms with E-state index in [0.717, 1.165) is 62.0 Å². The molecule has 1 atom stereocenters. The van der Waals surface area contributed by atoms with Crippen LogP contribution in [0.1, 0.15) is 18.2 Å². The highest BCUT2D eigenvalue weighted by Crippen LogP contribution is 2.41. The molecule has 10 rings (SSSR count). The van der Waals surface area contributed by atoms with Gasteiger partial charge < -0.3 is 4.42 Å². The number of hydrogen-bond donors (Lipinski definition) is 0. The van der Waals surface area contributed by atoms with Gasteiger partial charge in [-0.1, -0.05) is 146 Å². The van der Waals surface area contributed by atoms with Crippen molar-refractivity contribution in [3.63, 3.8) is 0 Å². The predicted molar refractivity (Wildman–Crippen MR) is 209 cm³/mol. The summed E-state index contributed by atoms with van der Waals surface area (Å²) in [4.78, 5) is 15.6. The van der Waals surface area contributed by atoms with E-state index >= 15 is 0 Å². The van der Waals surface area contributed by atoms with E-state index in [2.05, 4.69) is 158 Å². The van der Waals surface area contributed by atoms with Crippen LogP contribution < -0.4 is 0 Å². The highest BCUT2D eigenvalue weighted by Gasteiger charge is 2.22. The lowest BCUT2D eigenvalue weighted by Crippen LogP contribution is -2.08. The molecule has 0 radical (unpaired) electrons. The van der Waals surface area contributed by atoms with Gasteiger partial charge in [0.05, 0.1) is 0 Å². The summed E-state index contributed by atoms with van der Waals surface area (Å²) in [6, 6.07) is 51.2. The highest BCUT2D eigenvalue weighted by atomic mass is 16.3. The summed E-state index contributed by atoms with van der Waals surface area (Å²) in [6.07, 6.45) is 9.36. The van der Waals surface area contributed by atoms with Crippen molar-refractivity contribution in [2.45, 2.75) is 12.3 Å². The van der Waals surface area contributed by atoms with Gasteiger partial charge in [-0.25, -0.2) is 15.0 Å². The molecule has 0 saturated heterocycles. The molecule has 0 saturated carbocycles. The van der Waals surface area contributed by atoms with Crippen molar-refractivity contribution in [3.8, 4) is 45.0 Å². The zero-order valence-corrected chi connectivity index (χ0v) is 27.7. The molecule has 1 aliphatic carbocycles. The Labute approximate surface area is 295 Å². The molecule has 1 aliphatic rings. The average Bonchev–Trinajstić information content (AvgIpc) is 3.59. The van der Waals surface area contributed by atoms with E-state index in [-0.39, 0.29) is 5.92 Å². The Morgan fingerprint density at radius 3 is 2.06 bits per heavy atom. The van der Waals surface area contributed by atoms with Crippen LogP contribution in [0.15, 0.2) is 174 Å². The number of aromatic nitrogens is 3. The van der Waals surface area contributed by atoms with E-state index in [4.69, 9.17) is 19.4 Å². The molecule has 9 aromatic rings. The number of hydrogen-bond acceptors (Lipinski definition) is 4. The Morgan fingerprint density at radius 1 is 0.471 bits per heavy atom. The largest absolute Gasteiger partial charge is 0.456 e. The second-order valence-corrected chi connectivity index (χ2v) is 13.2. The van der Waals surface area contributed by atoms with E-state index < -0.39 is 0 Å². The molecule has 240 valence electrons. The molecule has 0 spiro atoms. The first-order valence-electron chi connectivity index (χ1n) is 17.4. The molecule has 4 nitrogen and oxygen atoms in total. The molecule has 0 fully saturated rings. The van der Waals surface area contributed by atoms with Crippen LogP contribution in [0, 0.1) is 0 Å². The van der Waals surface area contributed by atoms with Crippen LogP contribution in [0.2, 0.25) is 0 Å². The highest BCUT2D eigenvalue weighted by molar-refractivity contribution is 6.14. The van der Waals surface area contributed by atoms with E-state index in [0.29, 0.717) is 11.6 Å². The lowest BCUT2D eigenvalue weighted by Gasteiger charge is -2.15. The van der Waals surface area contributed by atoms with Crippen molar-refractivity contribution in [2.75, 3.05) is 0 Å². The minimum absolute atomic E-state index is 0.0465. The van der Waals surface area contributed by atoms with Gasteiger partial charge in [-0.3, -0.25) is 0 Å².